The summed E-state index contributed by atoms with van der Waals surface area (Å²) in [4.78, 5) is 18.4. The minimum atomic E-state index is -0.862. The Morgan fingerprint density at radius 1 is 1.50 bits per heavy atom. The highest BCUT2D eigenvalue weighted by Crippen LogP contribution is 2.57. The fraction of sp³-hybridized carbons (Fsp3) is 0.750. The average Bonchev–Trinajstić information content (AvgIpc) is 2.93. The standard InChI is InChI=1S/C16H25N3O2S.2ClH/c1-9-8-18-13(22-9)10(2)19-14(20)16(17)11-6-5-7-21-12(11)15(16,3)4;;/h8,10-12H,5-7,17H2,1-4H3,(H,19,20);2*1H. The molecule has 138 valence electrons. The van der Waals surface area contributed by atoms with Crippen LogP contribution in [0, 0.1) is 18.3 Å². The van der Waals surface area contributed by atoms with Gasteiger partial charge in [0.15, 0.2) is 0 Å². The van der Waals surface area contributed by atoms with Gasteiger partial charge in [0.1, 0.15) is 10.5 Å². The minimum Gasteiger partial charge on any atom is -0.377 e. The van der Waals surface area contributed by atoms with Crippen molar-refractivity contribution in [3.05, 3.63) is 16.1 Å². The van der Waals surface area contributed by atoms with Crippen LogP contribution in [0.1, 0.15) is 49.5 Å². The lowest BCUT2D eigenvalue weighted by molar-refractivity contribution is -0.225. The highest BCUT2D eigenvalue weighted by molar-refractivity contribution is 7.11. The fourth-order valence-corrected chi connectivity index (χ4v) is 4.76. The van der Waals surface area contributed by atoms with Crippen molar-refractivity contribution < 1.29 is 9.53 Å². The first kappa shape index (κ1) is 21.6. The van der Waals surface area contributed by atoms with Crippen molar-refractivity contribution in [2.75, 3.05) is 6.61 Å². The molecule has 5 nitrogen and oxygen atoms in total. The number of rotatable bonds is 3. The Labute approximate surface area is 159 Å². The molecule has 4 atom stereocenters. The maximum atomic E-state index is 12.9. The third-order valence-corrected chi connectivity index (χ3v) is 6.51. The number of aryl methyl sites for hydroxylation is 1. The summed E-state index contributed by atoms with van der Waals surface area (Å²) in [6, 6.07) is -0.119. The van der Waals surface area contributed by atoms with Crippen molar-refractivity contribution in [3.63, 3.8) is 0 Å². The Morgan fingerprint density at radius 3 is 2.75 bits per heavy atom. The van der Waals surface area contributed by atoms with Crippen molar-refractivity contribution in [3.8, 4) is 0 Å². The summed E-state index contributed by atoms with van der Waals surface area (Å²) in [7, 11) is 0. The summed E-state index contributed by atoms with van der Waals surface area (Å²) in [6.07, 6.45) is 3.86. The third kappa shape index (κ3) is 3.07. The Balaban J connectivity index is 0.00000144. The summed E-state index contributed by atoms with van der Waals surface area (Å²) < 4.78 is 5.86. The lowest BCUT2D eigenvalue weighted by Crippen LogP contribution is -2.82. The van der Waals surface area contributed by atoms with E-state index in [1.807, 2.05) is 33.9 Å². The molecule has 24 heavy (non-hydrogen) atoms. The minimum absolute atomic E-state index is 0. The summed E-state index contributed by atoms with van der Waals surface area (Å²) in [5.74, 6) is 0.0334. The number of ether oxygens (including phenoxy) is 1. The van der Waals surface area contributed by atoms with Crippen LogP contribution in [-0.2, 0) is 9.53 Å². The molecule has 1 aromatic heterocycles. The SMILES string of the molecule is Cc1cnc(C(C)NC(=O)C2(N)C3CCCOC3C2(C)C)s1.Cl.Cl. The molecule has 0 spiro atoms. The summed E-state index contributed by atoms with van der Waals surface area (Å²) in [5, 5.41) is 3.99. The van der Waals surface area contributed by atoms with Gasteiger partial charge in [-0.3, -0.25) is 4.79 Å². The van der Waals surface area contributed by atoms with Crippen molar-refractivity contribution >= 4 is 42.1 Å². The number of nitrogens with zero attached hydrogens (tertiary/aromatic N) is 1. The molecule has 2 heterocycles. The molecule has 1 amide bonds. The lowest BCUT2D eigenvalue weighted by atomic mass is 9.46. The molecule has 4 unspecified atom stereocenters. The Kier molecular flexibility index (Phi) is 6.73. The lowest BCUT2D eigenvalue weighted by Gasteiger charge is -2.65. The molecule has 1 aromatic rings. The smallest absolute Gasteiger partial charge is 0.241 e. The van der Waals surface area contributed by atoms with Gasteiger partial charge in [0, 0.05) is 29.0 Å². The predicted molar refractivity (Wildman–Crippen MR) is 101 cm³/mol. The maximum Gasteiger partial charge on any atom is 0.241 e. The number of halogens is 2. The zero-order valence-corrected chi connectivity index (χ0v) is 16.9. The van der Waals surface area contributed by atoms with E-state index >= 15 is 0 Å². The molecule has 1 aliphatic heterocycles. The van der Waals surface area contributed by atoms with E-state index in [9.17, 15) is 4.79 Å². The number of aromatic nitrogens is 1. The van der Waals surface area contributed by atoms with Gasteiger partial charge >= 0.3 is 0 Å². The third-order valence-electron chi connectivity index (χ3n) is 5.42. The zero-order chi connectivity index (χ0) is 16.1. The van der Waals surface area contributed by atoms with Crippen molar-refractivity contribution in [1.82, 2.24) is 10.3 Å². The first-order valence-corrected chi connectivity index (χ1v) is 8.74. The molecule has 1 aliphatic carbocycles. The molecule has 0 radical (unpaired) electrons. The molecule has 8 heteroatoms. The van der Waals surface area contributed by atoms with E-state index < -0.39 is 5.54 Å². The van der Waals surface area contributed by atoms with Gasteiger partial charge in [0.05, 0.1) is 12.1 Å². The summed E-state index contributed by atoms with van der Waals surface area (Å²) in [6.45, 7) is 8.82. The molecular weight excluding hydrogens is 369 g/mol. The van der Waals surface area contributed by atoms with Gasteiger partial charge in [-0.25, -0.2) is 4.98 Å². The molecule has 3 N–H and O–H groups in total. The largest absolute Gasteiger partial charge is 0.377 e. The van der Waals surface area contributed by atoms with Crippen LogP contribution in [0.2, 0.25) is 0 Å². The topological polar surface area (TPSA) is 77.2 Å². The van der Waals surface area contributed by atoms with Gasteiger partial charge in [-0.2, -0.15) is 0 Å². The van der Waals surface area contributed by atoms with Crippen molar-refractivity contribution in [2.45, 2.75) is 58.2 Å². The van der Waals surface area contributed by atoms with E-state index in [-0.39, 0.29) is 54.2 Å². The Hall–Kier alpha value is -0.400. The molecule has 1 saturated carbocycles. The summed E-state index contributed by atoms with van der Waals surface area (Å²) >= 11 is 1.61. The second kappa shape index (κ2) is 7.46. The molecule has 1 saturated heterocycles. The molecular formula is C16H27Cl2N3O2S. The van der Waals surface area contributed by atoms with Gasteiger partial charge in [-0.05, 0) is 26.7 Å². The predicted octanol–water partition coefficient (Wildman–Crippen LogP) is 3.00. The number of hydrogen-bond acceptors (Lipinski definition) is 5. The normalized spacial score (nSPS) is 31.5. The summed E-state index contributed by atoms with van der Waals surface area (Å²) in [5.41, 5.74) is 5.39. The monoisotopic (exact) mass is 395 g/mol. The van der Waals surface area contributed by atoms with E-state index in [1.165, 1.54) is 0 Å². The number of nitrogens with one attached hydrogen (secondary N) is 1. The highest BCUT2D eigenvalue weighted by Gasteiger charge is 2.70. The number of nitrogens with two attached hydrogens (primary N) is 1. The van der Waals surface area contributed by atoms with Crippen LogP contribution in [0.15, 0.2) is 6.20 Å². The van der Waals surface area contributed by atoms with Gasteiger partial charge in [0.25, 0.3) is 0 Å². The molecule has 3 rings (SSSR count). The van der Waals surface area contributed by atoms with Gasteiger partial charge in [-0.1, -0.05) is 13.8 Å². The van der Waals surface area contributed by atoms with Crippen LogP contribution in [0.4, 0.5) is 0 Å². The van der Waals surface area contributed by atoms with Crippen LogP contribution in [-0.4, -0.2) is 29.1 Å². The van der Waals surface area contributed by atoms with E-state index in [4.69, 9.17) is 10.5 Å². The Morgan fingerprint density at radius 2 is 2.17 bits per heavy atom. The molecule has 0 bridgehead atoms. The van der Waals surface area contributed by atoms with Gasteiger partial charge in [0.2, 0.25) is 5.91 Å². The zero-order valence-electron chi connectivity index (χ0n) is 14.5. The second-order valence-electron chi connectivity index (χ2n) is 7.14. The first-order chi connectivity index (χ1) is 10.3. The number of carbonyl (C=O) groups is 1. The van der Waals surface area contributed by atoms with E-state index in [2.05, 4.69) is 10.3 Å². The Bertz CT molecular complexity index is 596. The van der Waals surface area contributed by atoms with Crippen molar-refractivity contribution in [2.24, 2.45) is 17.1 Å². The number of hydrogen-bond donors (Lipinski definition) is 2. The van der Waals surface area contributed by atoms with Gasteiger partial charge < -0.3 is 15.8 Å². The number of carbonyl (C=O) groups excluding carboxylic acids is 1. The number of amides is 1. The van der Waals surface area contributed by atoms with Crippen LogP contribution in [0.25, 0.3) is 0 Å². The number of fused-ring (bicyclic) bond motifs is 1. The molecule has 0 aromatic carbocycles. The fourth-order valence-electron chi connectivity index (χ4n) is 3.99. The van der Waals surface area contributed by atoms with E-state index in [1.54, 1.807) is 11.3 Å². The maximum absolute atomic E-state index is 12.9. The van der Waals surface area contributed by atoms with Crippen LogP contribution in [0.5, 0.6) is 0 Å². The average molecular weight is 396 g/mol. The molecule has 2 aliphatic rings. The second-order valence-corrected chi connectivity index (χ2v) is 8.40. The quantitative estimate of drug-likeness (QED) is 0.824. The highest BCUT2D eigenvalue weighted by atomic mass is 35.5. The van der Waals surface area contributed by atoms with Crippen LogP contribution in [0.3, 0.4) is 0 Å². The van der Waals surface area contributed by atoms with Gasteiger partial charge in [-0.15, -0.1) is 36.2 Å². The molecule has 2 fully saturated rings. The first-order valence-electron chi connectivity index (χ1n) is 7.92. The van der Waals surface area contributed by atoms with E-state index in [0.29, 0.717) is 0 Å². The number of thiazole rings is 1. The van der Waals surface area contributed by atoms with E-state index in [0.717, 1.165) is 29.3 Å². The van der Waals surface area contributed by atoms with Crippen molar-refractivity contribution in [1.29, 1.82) is 0 Å². The van der Waals surface area contributed by atoms with Crippen LogP contribution < -0.4 is 11.1 Å². The van der Waals surface area contributed by atoms with Crippen LogP contribution >= 0.6 is 36.2 Å².